The van der Waals surface area contributed by atoms with Crippen molar-refractivity contribution in [3.63, 3.8) is 0 Å². The lowest BCUT2D eigenvalue weighted by molar-refractivity contribution is -0.156. The summed E-state index contributed by atoms with van der Waals surface area (Å²) in [5.41, 5.74) is -0.249. The molecular weight excluding hydrogens is 481 g/mol. The predicted molar refractivity (Wildman–Crippen MR) is 152 cm³/mol. The van der Waals surface area contributed by atoms with E-state index in [1.54, 1.807) is 6.07 Å². The van der Waals surface area contributed by atoms with Crippen LogP contribution >= 0.6 is 0 Å². The number of nitrogens with zero attached hydrogens (tertiary/aromatic N) is 2. The molecule has 0 bridgehead atoms. The van der Waals surface area contributed by atoms with E-state index in [9.17, 15) is 14.0 Å². The molecular formula is C31H48FN3O3. The summed E-state index contributed by atoms with van der Waals surface area (Å²) in [5.74, 6) is -1.35. The van der Waals surface area contributed by atoms with Crippen LogP contribution in [-0.2, 0) is 9.53 Å². The Kier molecular flexibility index (Phi) is 14.1. The highest BCUT2D eigenvalue weighted by atomic mass is 19.1. The lowest BCUT2D eigenvalue weighted by Crippen LogP contribution is -2.36. The average Bonchev–Trinajstić information content (AvgIpc) is 3.40. The van der Waals surface area contributed by atoms with Crippen molar-refractivity contribution in [2.75, 3.05) is 5.32 Å². The van der Waals surface area contributed by atoms with Crippen LogP contribution in [0.2, 0.25) is 0 Å². The van der Waals surface area contributed by atoms with Gasteiger partial charge in [0.1, 0.15) is 23.8 Å². The van der Waals surface area contributed by atoms with Crippen molar-refractivity contribution in [2.45, 2.75) is 129 Å². The van der Waals surface area contributed by atoms with Crippen molar-refractivity contribution in [3.05, 3.63) is 48.3 Å². The van der Waals surface area contributed by atoms with E-state index in [1.807, 2.05) is 20.8 Å². The summed E-state index contributed by atoms with van der Waals surface area (Å²) in [6, 6.07) is 3.57. The summed E-state index contributed by atoms with van der Waals surface area (Å²) in [4.78, 5) is 29.2. The normalized spacial score (nSPS) is 12.3. The summed E-state index contributed by atoms with van der Waals surface area (Å²) < 4.78 is 21.8. The molecule has 0 saturated carbocycles. The fraction of sp³-hybridized carbons (Fsp3) is 0.645. The number of nitrogens with one attached hydrogen (secondary N) is 1. The largest absolute Gasteiger partial charge is 0.458 e. The van der Waals surface area contributed by atoms with E-state index in [0.29, 0.717) is 6.42 Å². The first-order valence-electron chi connectivity index (χ1n) is 14.5. The second kappa shape index (κ2) is 17.0. The monoisotopic (exact) mass is 529 g/mol. The minimum Gasteiger partial charge on any atom is -0.458 e. The number of esters is 1. The first-order valence-corrected chi connectivity index (χ1v) is 14.5. The number of aromatic nitrogens is 2. The van der Waals surface area contributed by atoms with E-state index < -0.39 is 23.4 Å². The summed E-state index contributed by atoms with van der Waals surface area (Å²) >= 11 is 0. The average molecular weight is 530 g/mol. The van der Waals surface area contributed by atoms with E-state index in [1.165, 1.54) is 99.6 Å². The van der Waals surface area contributed by atoms with Crippen LogP contribution in [0, 0.1) is 5.82 Å². The number of carbonyl (C=O) groups excluding carboxylic acids is 2. The van der Waals surface area contributed by atoms with Gasteiger partial charge in [-0.3, -0.25) is 9.36 Å². The zero-order valence-corrected chi connectivity index (χ0v) is 23.9. The van der Waals surface area contributed by atoms with Gasteiger partial charge in [0.25, 0.3) is 5.91 Å². The maximum absolute atomic E-state index is 14.9. The van der Waals surface area contributed by atoms with E-state index in [4.69, 9.17) is 4.74 Å². The van der Waals surface area contributed by atoms with Gasteiger partial charge in [-0.25, -0.2) is 14.2 Å². The molecule has 0 radical (unpaired) electrons. The zero-order chi connectivity index (χ0) is 27.8. The lowest BCUT2D eigenvalue weighted by Gasteiger charge is -2.25. The van der Waals surface area contributed by atoms with E-state index in [-0.39, 0.29) is 17.2 Å². The van der Waals surface area contributed by atoms with E-state index in [2.05, 4.69) is 17.2 Å². The molecule has 6 nitrogen and oxygen atoms in total. The van der Waals surface area contributed by atoms with Gasteiger partial charge in [-0.2, -0.15) is 0 Å². The van der Waals surface area contributed by atoms with Gasteiger partial charge in [0, 0.05) is 18.0 Å². The first-order chi connectivity index (χ1) is 18.2. The van der Waals surface area contributed by atoms with Gasteiger partial charge in [-0.15, -0.1) is 0 Å². The molecule has 1 N–H and O–H groups in total. The standard InChI is InChI=1S/C31H48FN3O3/c1-5-6-7-8-9-10-11-12-13-14-15-16-17-18-28(30(37)38-31(2,3)4)34-27-20-19-25(23-26(27)32)29(36)35-22-21-33-24-35/h19-24,28,34H,5-18H2,1-4H3. The molecule has 38 heavy (non-hydrogen) atoms. The fourth-order valence-electron chi connectivity index (χ4n) is 4.47. The van der Waals surface area contributed by atoms with Crippen molar-refractivity contribution in [1.29, 1.82) is 0 Å². The summed E-state index contributed by atoms with van der Waals surface area (Å²) in [7, 11) is 0. The maximum Gasteiger partial charge on any atom is 0.329 e. The van der Waals surface area contributed by atoms with Crippen LogP contribution in [0.4, 0.5) is 10.1 Å². The third kappa shape index (κ3) is 12.2. The zero-order valence-electron chi connectivity index (χ0n) is 23.9. The van der Waals surface area contributed by atoms with E-state index in [0.717, 1.165) is 19.3 Å². The minimum atomic E-state index is -0.661. The molecule has 0 fully saturated rings. The number of rotatable bonds is 18. The van der Waals surface area contributed by atoms with Crippen LogP contribution in [0.3, 0.4) is 0 Å². The third-order valence-electron chi connectivity index (χ3n) is 6.57. The molecule has 1 heterocycles. The number of unbranched alkanes of at least 4 members (excludes halogenated alkanes) is 12. The predicted octanol–water partition coefficient (Wildman–Crippen LogP) is 8.31. The summed E-state index contributed by atoms with van der Waals surface area (Å²) in [6.45, 7) is 7.72. The topological polar surface area (TPSA) is 73.2 Å². The molecule has 2 aromatic rings. The van der Waals surface area contributed by atoms with Gasteiger partial charge in [0.05, 0.1) is 5.69 Å². The molecule has 1 atom stereocenters. The van der Waals surface area contributed by atoms with E-state index >= 15 is 0 Å². The van der Waals surface area contributed by atoms with Crippen molar-refractivity contribution < 1.29 is 18.7 Å². The molecule has 0 spiro atoms. The Balaban J connectivity index is 1.80. The van der Waals surface area contributed by atoms with Crippen molar-refractivity contribution >= 4 is 17.6 Å². The van der Waals surface area contributed by atoms with Gasteiger partial charge < -0.3 is 10.1 Å². The SMILES string of the molecule is CCCCCCCCCCCCCCCC(Nc1ccc(C(=O)n2ccnc2)cc1F)C(=O)OC(C)(C)C. The number of halogens is 1. The smallest absolute Gasteiger partial charge is 0.329 e. The highest BCUT2D eigenvalue weighted by molar-refractivity contribution is 5.96. The molecule has 0 aliphatic heterocycles. The summed E-state index contributed by atoms with van der Waals surface area (Å²) in [6.07, 6.45) is 21.2. The molecule has 2 rings (SSSR count). The first kappa shape index (κ1) is 31.5. The molecule has 212 valence electrons. The van der Waals surface area contributed by atoms with Crippen LogP contribution in [-0.4, -0.2) is 33.1 Å². The van der Waals surface area contributed by atoms with Crippen molar-refractivity contribution in [3.8, 4) is 0 Å². The Bertz CT molecular complexity index is 954. The number of anilines is 1. The summed E-state index contributed by atoms with van der Waals surface area (Å²) in [5, 5.41) is 3.03. The molecule has 1 aromatic heterocycles. The maximum atomic E-state index is 14.9. The fourth-order valence-corrected chi connectivity index (χ4v) is 4.47. The van der Waals surface area contributed by atoms with Crippen LogP contribution < -0.4 is 5.32 Å². The van der Waals surface area contributed by atoms with Crippen LogP contribution in [0.25, 0.3) is 0 Å². The molecule has 7 heteroatoms. The van der Waals surface area contributed by atoms with Gasteiger partial charge >= 0.3 is 5.97 Å². The number of carbonyl (C=O) groups is 2. The minimum absolute atomic E-state index is 0.178. The Labute approximate surface area is 228 Å². The van der Waals surface area contributed by atoms with Crippen LogP contribution in [0.5, 0.6) is 0 Å². The number of hydrogen-bond acceptors (Lipinski definition) is 5. The lowest BCUT2D eigenvalue weighted by atomic mass is 10.0. The number of imidazole rings is 1. The molecule has 1 unspecified atom stereocenters. The van der Waals surface area contributed by atoms with Crippen molar-refractivity contribution in [1.82, 2.24) is 9.55 Å². The van der Waals surface area contributed by atoms with Crippen molar-refractivity contribution in [2.24, 2.45) is 0 Å². The third-order valence-corrected chi connectivity index (χ3v) is 6.57. The highest BCUT2D eigenvalue weighted by Crippen LogP contribution is 2.22. The number of hydrogen-bond donors (Lipinski definition) is 1. The molecule has 0 aliphatic rings. The Hall–Kier alpha value is -2.70. The second-order valence-corrected chi connectivity index (χ2v) is 11.2. The molecule has 1 aromatic carbocycles. The Morgan fingerprint density at radius 1 is 0.947 bits per heavy atom. The quantitative estimate of drug-likeness (QED) is 0.155. The van der Waals surface area contributed by atoms with Crippen LogP contribution in [0.15, 0.2) is 36.9 Å². The Morgan fingerprint density at radius 3 is 2.03 bits per heavy atom. The second-order valence-electron chi connectivity index (χ2n) is 11.2. The molecule has 0 saturated heterocycles. The van der Waals surface area contributed by atoms with Gasteiger partial charge in [-0.1, -0.05) is 90.4 Å². The van der Waals surface area contributed by atoms with Gasteiger partial charge in [-0.05, 0) is 45.4 Å². The highest BCUT2D eigenvalue weighted by Gasteiger charge is 2.26. The number of benzene rings is 1. The number of ether oxygens (including phenoxy) is 1. The van der Waals surface area contributed by atoms with Gasteiger partial charge in [0.15, 0.2) is 0 Å². The molecule has 0 aliphatic carbocycles. The Morgan fingerprint density at radius 2 is 1.53 bits per heavy atom. The molecule has 0 amide bonds. The van der Waals surface area contributed by atoms with Gasteiger partial charge in [0.2, 0.25) is 0 Å². The van der Waals surface area contributed by atoms with Crippen LogP contribution in [0.1, 0.15) is 128 Å².